The summed E-state index contributed by atoms with van der Waals surface area (Å²) in [6, 6.07) is 16.5. The van der Waals surface area contributed by atoms with Gasteiger partial charge in [0.2, 0.25) is 0 Å². The van der Waals surface area contributed by atoms with Crippen LogP contribution in [-0.4, -0.2) is 49.0 Å². The number of nitrogens with zero attached hydrogens (tertiary/aromatic N) is 2. The summed E-state index contributed by atoms with van der Waals surface area (Å²) >= 11 is 0. The molecule has 10 nitrogen and oxygen atoms in total. The van der Waals surface area contributed by atoms with Gasteiger partial charge in [0.25, 0.3) is 0 Å². The zero-order valence-electron chi connectivity index (χ0n) is 22.6. The van der Waals surface area contributed by atoms with E-state index in [9.17, 15) is 18.0 Å². The third-order valence-electron chi connectivity index (χ3n) is 7.56. The van der Waals surface area contributed by atoms with E-state index in [2.05, 4.69) is 10.5 Å². The number of carbonyl (C=O) groups is 2. The maximum Gasteiger partial charge on any atom is 0.408 e. The predicted octanol–water partition coefficient (Wildman–Crippen LogP) is 4.23. The Kier molecular flexibility index (Phi) is 10.2. The van der Waals surface area contributed by atoms with Gasteiger partial charge in [0.05, 0.1) is 5.75 Å². The minimum atomic E-state index is -3.69. The van der Waals surface area contributed by atoms with Crippen LogP contribution in [0.25, 0.3) is 0 Å². The van der Waals surface area contributed by atoms with Gasteiger partial charge < -0.3 is 19.8 Å². The van der Waals surface area contributed by atoms with Gasteiger partial charge in [0.1, 0.15) is 12.9 Å². The predicted molar refractivity (Wildman–Crippen MR) is 151 cm³/mol. The topological polar surface area (TPSA) is 140 Å². The number of oxime groups is 1. The van der Waals surface area contributed by atoms with Crippen LogP contribution in [0.2, 0.25) is 0 Å². The number of likely N-dealkylation sites (tertiary alicyclic amines) is 1. The minimum Gasteiger partial charge on any atom is -0.445 e. The lowest BCUT2D eigenvalue weighted by molar-refractivity contribution is -0.146. The maximum absolute atomic E-state index is 13.5. The third-order valence-corrected chi connectivity index (χ3v) is 9.99. The van der Waals surface area contributed by atoms with E-state index in [4.69, 9.17) is 15.3 Å². The van der Waals surface area contributed by atoms with Gasteiger partial charge in [-0.3, -0.25) is 5.73 Å². The molecule has 216 valence electrons. The molecule has 40 heavy (non-hydrogen) atoms. The number of rotatable bonds is 10. The molecule has 0 spiro atoms. The Balaban J connectivity index is 1.41. The van der Waals surface area contributed by atoms with Crippen molar-refractivity contribution in [1.29, 1.82) is 0 Å². The number of hydrogen-bond acceptors (Lipinski definition) is 8. The van der Waals surface area contributed by atoms with Crippen molar-refractivity contribution in [2.24, 2.45) is 16.8 Å². The number of sulfone groups is 1. The van der Waals surface area contributed by atoms with E-state index in [1.54, 1.807) is 30.3 Å². The Morgan fingerprint density at radius 2 is 1.70 bits per heavy atom. The second-order valence-electron chi connectivity index (χ2n) is 10.5. The van der Waals surface area contributed by atoms with Crippen molar-refractivity contribution in [3.8, 4) is 0 Å². The summed E-state index contributed by atoms with van der Waals surface area (Å²) in [5, 5.41) is 6.35. The quantitative estimate of drug-likeness (QED) is 0.187. The zero-order chi connectivity index (χ0) is 28.4. The second kappa shape index (κ2) is 13.8. The molecule has 1 aliphatic heterocycles. The number of amides is 1. The van der Waals surface area contributed by atoms with Crippen LogP contribution >= 0.6 is 0 Å². The highest BCUT2D eigenvalue weighted by Crippen LogP contribution is 2.33. The van der Waals surface area contributed by atoms with Crippen LogP contribution in [0.3, 0.4) is 0 Å². The number of nitrogens with two attached hydrogens (primary N) is 1. The number of carbonyl (C=O) groups excluding carboxylic acids is 2. The van der Waals surface area contributed by atoms with Crippen LogP contribution in [0.4, 0.5) is 4.79 Å². The molecule has 1 heterocycles. The fourth-order valence-corrected chi connectivity index (χ4v) is 7.48. The van der Waals surface area contributed by atoms with Crippen LogP contribution in [0.5, 0.6) is 0 Å². The lowest BCUT2D eigenvalue weighted by Gasteiger charge is -2.43. The third kappa shape index (κ3) is 7.60. The van der Waals surface area contributed by atoms with E-state index in [1.165, 1.54) is 11.2 Å². The summed E-state index contributed by atoms with van der Waals surface area (Å²) in [6.45, 7) is 0.401. The van der Waals surface area contributed by atoms with E-state index in [1.807, 2.05) is 30.3 Å². The molecule has 2 aromatic rings. The summed E-state index contributed by atoms with van der Waals surface area (Å²) in [4.78, 5) is 30.5. The summed E-state index contributed by atoms with van der Waals surface area (Å²) in [6.07, 6.45) is 7.06. The molecule has 0 aromatic heterocycles. The highest BCUT2D eigenvalue weighted by Gasteiger charge is 2.46. The number of piperidine rings is 1. The molecular formula is C29H38N4O6S. The summed E-state index contributed by atoms with van der Waals surface area (Å²) in [7, 11) is -3.69. The van der Waals surface area contributed by atoms with Gasteiger partial charge in [0.15, 0.2) is 20.9 Å². The minimum absolute atomic E-state index is 0.0320. The molecule has 4 rings (SSSR count). The van der Waals surface area contributed by atoms with E-state index < -0.39 is 32.9 Å². The molecule has 2 aromatic carbocycles. The van der Waals surface area contributed by atoms with Gasteiger partial charge in [-0.2, -0.15) is 0 Å². The summed E-state index contributed by atoms with van der Waals surface area (Å²) in [5.74, 6) is -0.709. The molecule has 2 atom stereocenters. The van der Waals surface area contributed by atoms with Crippen LogP contribution in [0.15, 0.2) is 65.8 Å². The normalized spacial score (nSPS) is 21.1. The number of ether oxygens (including phenoxy) is 1. The monoisotopic (exact) mass is 570 g/mol. The van der Waals surface area contributed by atoms with Gasteiger partial charge in [-0.05, 0) is 49.1 Å². The van der Waals surface area contributed by atoms with Crippen molar-refractivity contribution < 1.29 is 27.6 Å². The van der Waals surface area contributed by atoms with Crippen LogP contribution < -0.4 is 11.1 Å². The molecule has 2 aliphatic rings. The summed E-state index contributed by atoms with van der Waals surface area (Å²) < 4.78 is 32.2. The van der Waals surface area contributed by atoms with Gasteiger partial charge in [-0.25, -0.2) is 18.0 Å². The number of benzene rings is 2. The van der Waals surface area contributed by atoms with Crippen molar-refractivity contribution in [3.05, 3.63) is 71.8 Å². The highest BCUT2D eigenvalue weighted by molar-refractivity contribution is 7.92. The Morgan fingerprint density at radius 3 is 2.40 bits per heavy atom. The first-order valence-corrected chi connectivity index (χ1v) is 15.5. The Bertz CT molecular complexity index is 1250. The first-order chi connectivity index (χ1) is 19.3. The average molecular weight is 571 g/mol. The molecule has 1 amide bonds. The Hall–Kier alpha value is -3.44. The second-order valence-corrected chi connectivity index (χ2v) is 12.7. The molecule has 1 saturated carbocycles. The van der Waals surface area contributed by atoms with E-state index in [0.29, 0.717) is 18.5 Å². The lowest BCUT2D eigenvalue weighted by atomic mass is 9.91. The molecular weight excluding hydrogens is 532 g/mol. The zero-order valence-corrected chi connectivity index (χ0v) is 23.4. The standard InChI is InChI=1S/C29H38N4O6S/c30-29(40(36,37)21-24-14-6-2-7-15-24)18-10-11-19-33(29)22-31-39-27(34)26(25-16-8-3-9-17-25)32-28(35)38-20-23-12-4-1-5-13-23/h1,3-5,8-9,12-13,16-17,22,24,26H,2,6-7,10-11,14-15,18-21,30H2,(H,32,35)/b31-22-/t26-,29-/m0/s1. The maximum atomic E-state index is 13.5. The Morgan fingerprint density at radius 1 is 1.02 bits per heavy atom. The molecule has 0 unspecified atom stereocenters. The first-order valence-electron chi connectivity index (χ1n) is 13.8. The number of alkyl carbamates (subject to hydrolysis) is 1. The van der Waals surface area contributed by atoms with Gasteiger partial charge >= 0.3 is 12.1 Å². The van der Waals surface area contributed by atoms with Crippen LogP contribution in [0.1, 0.15) is 68.5 Å². The average Bonchev–Trinajstić information content (AvgIpc) is 2.97. The van der Waals surface area contributed by atoms with Gasteiger partial charge in [-0.15, -0.1) is 0 Å². The highest BCUT2D eigenvalue weighted by atomic mass is 32.2. The van der Waals surface area contributed by atoms with Gasteiger partial charge in [0, 0.05) is 6.54 Å². The van der Waals surface area contributed by atoms with E-state index >= 15 is 0 Å². The Labute approximate surface area is 235 Å². The fraction of sp³-hybridized carbons (Fsp3) is 0.483. The van der Waals surface area contributed by atoms with Gasteiger partial charge in [-0.1, -0.05) is 85.1 Å². The van der Waals surface area contributed by atoms with E-state index in [-0.39, 0.29) is 24.7 Å². The summed E-state index contributed by atoms with van der Waals surface area (Å²) in [5.41, 5.74) is 7.82. The molecule has 1 saturated heterocycles. The molecule has 2 fully saturated rings. The fourth-order valence-electron chi connectivity index (χ4n) is 5.28. The number of hydrogen-bond donors (Lipinski definition) is 2. The number of nitrogens with one attached hydrogen (secondary N) is 1. The van der Waals surface area contributed by atoms with Crippen molar-refractivity contribution in [2.45, 2.75) is 69.0 Å². The first kappa shape index (κ1) is 29.5. The van der Waals surface area contributed by atoms with Crippen molar-refractivity contribution in [3.63, 3.8) is 0 Å². The van der Waals surface area contributed by atoms with E-state index in [0.717, 1.165) is 44.1 Å². The van der Waals surface area contributed by atoms with Crippen molar-refractivity contribution >= 4 is 28.2 Å². The molecule has 1 aliphatic carbocycles. The van der Waals surface area contributed by atoms with Crippen LogP contribution in [-0.2, 0) is 30.8 Å². The molecule has 0 radical (unpaired) electrons. The lowest BCUT2D eigenvalue weighted by Crippen LogP contribution is -2.63. The largest absolute Gasteiger partial charge is 0.445 e. The molecule has 3 N–H and O–H groups in total. The molecule has 0 bridgehead atoms. The smallest absolute Gasteiger partial charge is 0.408 e. The van der Waals surface area contributed by atoms with Crippen LogP contribution in [0, 0.1) is 5.92 Å². The van der Waals surface area contributed by atoms with Crippen molar-refractivity contribution in [1.82, 2.24) is 10.2 Å². The van der Waals surface area contributed by atoms with Crippen molar-refractivity contribution in [2.75, 3.05) is 12.3 Å². The molecule has 11 heteroatoms. The SMILES string of the molecule is N[C@@]1(S(=O)(=O)CC2CCCCC2)CCCCN1/C=N\OC(=O)[C@@H](NC(=O)OCc1ccccc1)c1ccccc1.